The molecule has 5 nitrogen and oxygen atoms in total. The van der Waals surface area contributed by atoms with Crippen LogP contribution >= 0.6 is 34.3 Å². The number of amides is 2. The number of nitrogens with zero attached hydrogens (tertiary/aromatic N) is 2. The summed E-state index contributed by atoms with van der Waals surface area (Å²) in [5.41, 5.74) is 2.76. The molecule has 2 aromatic heterocycles. The second kappa shape index (κ2) is 7.87. The molecule has 0 saturated carbocycles. The Morgan fingerprint density at radius 3 is 2.82 bits per heavy atom. The molecule has 0 bridgehead atoms. The van der Waals surface area contributed by atoms with Gasteiger partial charge < -0.3 is 10.2 Å². The highest BCUT2D eigenvalue weighted by atomic mass is 35.5. The maximum absolute atomic E-state index is 12.7. The number of thiazole rings is 1. The normalized spacial score (nSPS) is 15.4. The van der Waals surface area contributed by atoms with Crippen molar-refractivity contribution in [2.75, 3.05) is 5.32 Å². The second-order valence-electron chi connectivity index (χ2n) is 6.28. The lowest BCUT2D eigenvalue weighted by atomic mass is 9.93. The minimum atomic E-state index is -0.339. The van der Waals surface area contributed by atoms with Crippen LogP contribution in [0.3, 0.4) is 0 Å². The Kier molecular flexibility index (Phi) is 5.30. The number of thiophene rings is 1. The summed E-state index contributed by atoms with van der Waals surface area (Å²) in [5, 5.41) is 5.27. The zero-order valence-corrected chi connectivity index (χ0v) is 17.3. The van der Waals surface area contributed by atoms with Crippen LogP contribution in [0.25, 0.3) is 16.6 Å². The first-order chi connectivity index (χ1) is 13.5. The summed E-state index contributed by atoms with van der Waals surface area (Å²) in [6.45, 7) is 1.50. The largest absolute Gasteiger partial charge is 0.311 e. The minimum absolute atomic E-state index is 0.102. The minimum Gasteiger partial charge on any atom is -0.311 e. The van der Waals surface area contributed by atoms with Crippen LogP contribution in [-0.4, -0.2) is 21.7 Å². The molecule has 142 valence electrons. The van der Waals surface area contributed by atoms with Crippen LogP contribution in [0.1, 0.15) is 30.5 Å². The maximum atomic E-state index is 12.7. The third kappa shape index (κ3) is 3.87. The van der Waals surface area contributed by atoms with E-state index >= 15 is 0 Å². The summed E-state index contributed by atoms with van der Waals surface area (Å²) in [4.78, 5) is 31.8. The molecule has 3 heterocycles. The predicted molar refractivity (Wildman–Crippen MR) is 114 cm³/mol. The third-order valence-corrected chi connectivity index (χ3v) is 6.44. The van der Waals surface area contributed by atoms with Gasteiger partial charge in [0.05, 0.1) is 27.4 Å². The van der Waals surface area contributed by atoms with Crippen LogP contribution in [0.4, 0.5) is 5.13 Å². The number of hydrogen-bond acceptors (Lipinski definition) is 5. The zero-order valence-electron chi connectivity index (χ0n) is 14.9. The van der Waals surface area contributed by atoms with E-state index in [2.05, 4.69) is 10.3 Å². The Hall–Kier alpha value is -2.48. The van der Waals surface area contributed by atoms with Gasteiger partial charge in [0.15, 0.2) is 5.13 Å². The molecule has 0 aliphatic carbocycles. The summed E-state index contributed by atoms with van der Waals surface area (Å²) in [6.07, 6.45) is 3.79. The van der Waals surface area contributed by atoms with E-state index in [0.29, 0.717) is 9.47 Å². The van der Waals surface area contributed by atoms with Crippen LogP contribution in [0.5, 0.6) is 0 Å². The summed E-state index contributed by atoms with van der Waals surface area (Å²) in [6, 6.07) is 11.2. The molecular formula is C20H16ClN3O2S2. The lowest BCUT2D eigenvalue weighted by Crippen LogP contribution is -2.33. The first-order valence-corrected chi connectivity index (χ1v) is 10.7. The molecular weight excluding hydrogens is 414 g/mol. The molecule has 3 aromatic rings. The molecule has 1 aromatic carbocycles. The van der Waals surface area contributed by atoms with Crippen LogP contribution in [0, 0.1) is 0 Å². The van der Waals surface area contributed by atoms with Crippen LogP contribution < -0.4 is 5.32 Å². The first kappa shape index (κ1) is 18.9. The predicted octanol–water partition coefficient (Wildman–Crippen LogP) is 5.43. The molecule has 1 atom stereocenters. The van der Waals surface area contributed by atoms with Gasteiger partial charge in [-0.15, -0.1) is 22.7 Å². The van der Waals surface area contributed by atoms with E-state index in [1.165, 1.54) is 29.6 Å². The highest BCUT2D eigenvalue weighted by molar-refractivity contribution is 7.20. The van der Waals surface area contributed by atoms with Gasteiger partial charge in [-0.3, -0.25) is 9.59 Å². The Balaban J connectivity index is 1.50. The van der Waals surface area contributed by atoms with Gasteiger partial charge in [-0.1, -0.05) is 35.9 Å². The summed E-state index contributed by atoms with van der Waals surface area (Å²) < 4.78 is 0.696. The fourth-order valence-electron chi connectivity index (χ4n) is 3.16. The number of aromatic nitrogens is 1. The lowest BCUT2D eigenvalue weighted by molar-refractivity contribution is -0.129. The van der Waals surface area contributed by atoms with Crippen molar-refractivity contribution in [3.05, 3.63) is 63.4 Å². The van der Waals surface area contributed by atoms with Crippen LogP contribution in [0.15, 0.2) is 48.0 Å². The van der Waals surface area contributed by atoms with Crippen molar-refractivity contribution in [1.29, 1.82) is 0 Å². The number of anilines is 1. The van der Waals surface area contributed by atoms with Crippen molar-refractivity contribution in [3.8, 4) is 10.6 Å². The van der Waals surface area contributed by atoms with Gasteiger partial charge in [-0.05, 0) is 29.3 Å². The molecule has 1 N–H and O–H groups in total. The molecule has 0 spiro atoms. The van der Waals surface area contributed by atoms with Crippen molar-refractivity contribution in [3.63, 3.8) is 0 Å². The van der Waals surface area contributed by atoms with E-state index in [-0.39, 0.29) is 24.3 Å². The average Bonchev–Trinajstić information content (AvgIpc) is 3.30. The van der Waals surface area contributed by atoms with Crippen molar-refractivity contribution in [2.24, 2.45) is 0 Å². The van der Waals surface area contributed by atoms with E-state index in [4.69, 9.17) is 11.6 Å². The molecule has 0 fully saturated rings. The molecule has 1 aliphatic rings. The zero-order chi connectivity index (χ0) is 19.7. The van der Waals surface area contributed by atoms with E-state index < -0.39 is 0 Å². The molecule has 0 radical (unpaired) electrons. The van der Waals surface area contributed by atoms with Gasteiger partial charge in [-0.25, -0.2) is 4.98 Å². The molecule has 0 saturated heterocycles. The average molecular weight is 430 g/mol. The highest BCUT2D eigenvalue weighted by Crippen LogP contribution is 2.35. The summed E-state index contributed by atoms with van der Waals surface area (Å²) in [5.74, 6) is -0.291. The topological polar surface area (TPSA) is 62.3 Å². The second-order valence-corrected chi connectivity index (χ2v) is 8.85. The number of carbonyl (C=O) groups excluding carboxylic acids is 2. The van der Waals surface area contributed by atoms with Gasteiger partial charge in [-0.2, -0.15) is 0 Å². The first-order valence-electron chi connectivity index (χ1n) is 8.58. The number of benzene rings is 1. The Labute approximate surface area is 175 Å². The monoisotopic (exact) mass is 429 g/mol. The van der Waals surface area contributed by atoms with Crippen molar-refractivity contribution >= 4 is 57.3 Å². The number of hydrogen-bond donors (Lipinski definition) is 1. The Morgan fingerprint density at radius 1 is 1.25 bits per heavy atom. The number of halogens is 1. The fourth-order valence-corrected chi connectivity index (χ4v) is 4.96. The Bertz CT molecular complexity index is 1070. The third-order valence-electron chi connectivity index (χ3n) is 4.42. The summed E-state index contributed by atoms with van der Waals surface area (Å²) >= 11 is 8.78. The van der Waals surface area contributed by atoms with E-state index in [0.717, 1.165) is 21.7 Å². The van der Waals surface area contributed by atoms with Gasteiger partial charge in [0.25, 0.3) is 0 Å². The van der Waals surface area contributed by atoms with Gasteiger partial charge in [0.1, 0.15) is 0 Å². The highest BCUT2D eigenvalue weighted by Gasteiger charge is 2.28. The molecule has 1 unspecified atom stereocenters. The van der Waals surface area contributed by atoms with Gasteiger partial charge >= 0.3 is 0 Å². The van der Waals surface area contributed by atoms with E-state index in [1.807, 2.05) is 47.9 Å². The number of carbonyl (C=O) groups is 2. The molecule has 1 aliphatic heterocycles. The van der Waals surface area contributed by atoms with Gasteiger partial charge in [0, 0.05) is 18.5 Å². The van der Waals surface area contributed by atoms with Crippen molar-refractivity contribution in [1.82, 2.24) is 9.88 Å². The standard InChI is InChI=1S/C20H16ClN3O2S2/c1-12(25)24-9-8-13-4-2-3-5-14(13)16(24)10-19(26)23-20-22-15(11-27-20)17-6-7-18(21)28-17/h2-9,11,16H,10H2,1H3,(H,22,23,26). The number of fused-ring (bicyclic) bond motifs is 1. The molecule has 4 rings (SSSR count). The quantitative estimate of drug-likeness (QED) is 0.601. The van der Waals surface area contributed by atoms with Crippen molar-refractivity contribution in [2.45, 2.75) is 19.4 Å². The number of nitrogens with one attached hydrogen (secondary N) is 1. The van der Waals surface area contributed by atoms with Crippen molar-refractivity contribution < 1.29 is 9.59 Å². The number of rotatable bonds is 4. The Morgan fingerprint density at radius 2 is 2.07 bits per heavy atom. The molecule has 2 amide bonds. The van der Waals surface area contributed by atoms with E-state index in [1.54, 1.807) is 11.1 Å². The molecule has 8 heteroatoms. The van der Waals surface area contributed by atoms with Gasteiger partial charge in [0.2, 0.25) is 11.8 Å². The maximum Gasteiger partial charge on any atom is 0.228 e. The SMILES string of the molecule is CC(=O)N1C=Cc2ccccc2C1CC(=O)Nc1nc(-c2ccc(Cl)s2)cs1. The van der Waals surface area contributed by atoms with Crippen LogP contribution in [-0.2, 0) is 9.59 Å². The van der Waals surface area contributed by atoms with E-state index in [9.17, 15) is 9.59 Å². The van der Waals surface area contributed by atoms with Crippen LogP contribution in [0.2, 0.25) is 4.34 Å². The lowest BCUT2D eigenvalue weighted by Gasteiger charge is -2.32. The summed E-state index contributed by atoms with van der Waals surface area (Å²) in [7, 11) is 0. The molecule has 28 heavy (non-hydrogen) atoms. The smallest absolute Gasteiger partial charge is 0.228 e. The fraction of sp³-hybridized carbons (Fsp3) is 0.150.